The minimum Gasteiger partial charge on any atom is -0.464 e. The first kappa shape index (κ1) is 20.7. The van der Waals surface area contributed by atoms with Crippen molar-refractivity contribution in [3.8, 4) is 0 Å². The van der Waals surface area contributed by atoms with Gasteiger partial charge in [0.05, 0.1) is 17.5 Å². The van der Waals surface area contributed by atoms with Crippen LogP contribution in [0.4, 0.5) is 13.2 Å². The van der Waals surface area contributed by atoms with Gasteiger partial charge >= 0.3 is 12.1 Å². The van der Waals surface area contributed by atoms with E-state index in [9.17, 15) is 22.8 Å². The third-order valence-corrected chi connectivity index (χ3v) is 4.75. The predicted molar refractivity (Wildman–Crippen MR) is 92.6 cm³/mol. The fourth-order valence-electron chi connectivity index (χ4n) is 3.05. The number of esters is 1. The van der Waals surface area contributed by atoms with Crippen LogP contribution in [-0.4, -0.2) is 59.3 Å². The SMILES string of the molecule is CCOC(=O)C1(N(Cc2ccc(C(F)(F)F)cc2)C(=O)CBr)CN(C)C1. The predicted octanol–water partition coefficient (Wildman–Crippen LogP) is 2.68. The molecule has 0 saturated carbocycles. The van der Waals surface area contributed by atoms with Crippen molar-refractivity contribution < 1.29 is 27.5 Å². The number of carbonyl (C=O) groups is 2. The van der Waals surface area contributed by atoms with Crippen LogP contribution in [0.25, 0.3) is 0 Å². The Bertz CT molecular complexity index is 658. The van der Waals surface area contributed by atoms with Crippen molar-refractivity contribution in [1.82, 2.24) is 9.80 Å². The van der Waals surface area contributed by atoms with E-state index in [1.54, 1.807) is 6.92 Å². The molecule has 0 radical (unpaired) electrons. The van der Waals surface area contributed by atoms with Crippen LogP contribution in [0.2, 0.25) is 0 Å². The van der Waals surface area contributed by atoms with Crippen LogP contribution in [-0.2, 0) is 27.0 Å². The summed E-state index contributed by atoms with van der Waals surface area (Å²) in [4.78, 5) is 28.3. The molecule has 1 aromatic rings. The van der Waals surface area contributed by atoms with Crippen molar-refractivity contribution in [2.45, 2.75) is 25.2 Å². The molecule has 1 aliphatic rings. The first-order chi connectivity index (χ1) is 12.1. The number of amides is 1. The van der Waals surface area contributed by atoms with Gasteiger partial charge in [0.2, 0.25) is 5.91 Å². The Hall–Kier alpha value is -1.61. The summed E-state index contributed by atoms with van der Waals surface area (Å²) in [5, 5.41) is -0.00148. The molecule has 0 unspecified atom stereocenters. The molecule has 2 rings (SSSR count). The second kappa shape index (κ2) is 7.96. The van der Waals surface area contributed by atoms with E-state index in [2.05, 4.69) is 15.9 Å². The van der Waals surface area contributed by atoms with Gasteiger partial charge in [0, 0.05) is 19.6 Å². The Morgan fingerprint density at radius 2 is 1.85 bits per heavy atom. The maximum absolute atomic E-state index is 12.7. The van der Waals surface area contributed by atoms with E-state index < -0.39 is 23.2 Å². The van der Waals surface area contributed by atoms with Gasteiger partial charge in [-0.25, -0.2) is 4.79 Å². The summed E-state index contributed by atoms with van der Waals surface area (Å²) < 4.78 is 43.3. The Labute approximate surface area is 158 Å². The number of likely N-dealkylation sites (tertiary alicyclic amines) is 1. The maximum atomic E-state index is 12.7. The van der Waals surface area contributed by atoms with Crippen molar-refractivity contribution in [2.75, 3.05) is 32.1 Å². The molecular weight excluding hydrogens is 417 g/mol. The number of halogens is 4. The van der Waals surface area contributed by atoms with Crippen molar-refractivity contribution in [2.24, 2.45) is 0 Å². The van der Waals surface area contributed by atoms with Gasteiger partial charge in [0.25, 0.3) is 0 Å². The van der Waals surface area contributed by atoms with Gasteiger partial charge in [-0.1, -0.05) is 28.1 Å². The lowest BCUT2D eigenvalue weighted by Crippen LogP contribution is -2.74. The second-order valence-corrected chi connectivity index (χ2v) is 6.79. The molecule has 1 fully saturated rings. The minimum atomic E-state index is -4.42. The van der Waals surface area contributed by atoms with E-state index in [4.69, 9.17) is 4.74 Å². The molecule has 1 amide bonds. The number of alkyl halides is 4. The highest BCUT2D eigenvalue weighted by Gasteiger charge is 2.55. The number of benzene rings is 1. The molecular formula is C17H20BrF3N2O3. The van der Waals surface area contributed by atoms with Crippen LogP contribution < -0.4 is 0 Å². The molecule has 0 spiro atoms. The van der Waals surface area contributed by atoms with Crippen LogP contribution >= 0.6 is 15.9 Å². The Balaban J connectivity index is 2.29. The molecule has 1 heterocycles. The summed E-state index contributed by atoms with van der Waals surface area (Å²) in [5.74, 6) is -0.828. The van der Waals surface area contributed by atoms with E-state index in [0.717, 1.165) is 12.1 Å². The number of hydrogen-bond donors (Lipinski definition) is 0. The maximum Gasteiger partial charge on any atom is 0.416 e. The van der Waals surface area contributed by atoms with Gasteiger partial charge < -0.3 is 14.5 Å². The molecule has 1 aromatic carbocycles. The van der Waals surface area contributed by atoms with Crippen LogP contribution in [0, 0.1) is 0 Å². The minimum absolute atomic E-state index is 0.00148. The van der Waals surface area contributed by atoms with Crippen LogP contribution in [0.1, 0.15) is 18.1 Å². The number of hydrogen-bond acceptors (Lipinski definition) is 4. The number of rotatable bonds is 6. The zero-order valence-electron chi connectivity index (χ0n) is 14.5. The molecule has 1 saturated heterocycles. The molecule has 144 valence electrons. The highest BCUT2D eigenvalue weighted by atomic mass is 79.9. The smallest absolute Gasteiger partial charge is 0.416 e. The van der Waals surface area contributed by atoms with Crippen molar-refractivity contribution in [3.63, 3.8) is 0 Å². The number of nitrogens with zero attached hydrogens (tertiary/aromatic N) is 2. The molecule has 1 aliphatic heterocycles. The highest BCUT2D eigenvalue weighted by Crippen LogP contribution is 2.32. The fraction of sp³-hybridized carbons (Fsp3) is 0.529. The van der Waals surface area contributed by atoms with Crippen LogP contribution in [0.5, 0.6) is 0 Å². The summed E-state index contributed by atoms with van der Waals surface area (Å²) in [7, 11) is 1.81. The lowest BCUT2D eigenvalue weighted by Gasteiger charge is -2.52. The van der Waals surface area contributed by atoms with Crippen molar-refractivity contribution >= 4 is 27.8 Å². The largest absolute Gasteiger partial charge is 0.464 e. The number of ether oxygens (including phenoxy) is 1. The fourth-order valence-corrected chi connectivity index (χ4v) is 3.36. The summed E-state index contributed by atoms with van der Waals surface area (Å²) in [6, 6.07) is 4.57. The third-order valence-electron chi connectivity index (χ3n) is 4.27. The van der Waals surface area contributed by atoms with Gasteiger partial charge in [-0.05, 0) is 31.7 Å². The van der Waals surface area contributed by atoms with Crippen molar-refractivity contribution in [3.05, 3.63) is 35.4 Å². The molecule has 0 aromatic heterocycles. The van der Waals surface area contributed by atoms with Crippen LogP contribution in [0.3, 0.4) is 0 Å². The van der Waals surface area contributed by atoms with Gasteiger partial charge in [-0.2, -0.15) is 13.2 Å². The molecule has 5 nitrogen and oxygen atoms in total. The van der Waals surface area contributed by atoms with Gasteiger partial charge in [0.1, 0.15) is 0 Å². The molecule has 0 bridgehead atoms. The number of likely N-dealkylation sites (N-methyl/N-ethyl adjacent to an activating group) is 1. The van der Waals surface area contributed by atoms with E-state index in [1.165, 1.54) is 17.0 Å². The molecule has 0 N–H and O–H groups in total. The lowest BCUT2D eigenvalue weighted by molar-refractivity contribution is -0.176. The molecule has 9 heteroatoms. The average Bonchev–Trinajstić information content (AvgIpc) is 2.56. The van der Waals surface area contributed by atoms with E-state index in [-0.39, 0.29) is 24.4 Å². The molecule has 26 heavy (non-hydrogen) atoms. The Morgan fingerprint density at radius 3 is 2.27 bits per heavy atom. The van der Waals surface area contributed by atoms with E-state index >= 15 is 0 Å². The van der Waals surface area contributed by atoms with Crippen LogP contribution in [0.15, 0.2) is 24.3 Å². The van der Waals surface area contributed by atoms with Gasteiger partial charge in [0.15, 0.2) is 5.54 Å². The zero-order valence-corrected chi connectivity index (χ0v) is 16.1. The summed E-state index contributed by atoms with van der Waals surface area (Å²) in [6.07, 6.45) is -4.42. The summed E-state index contributed by atoms with van der Waals surface area (Å²) in [6.45, 7) is 2.51. The van der Waals surface area contributed by atoms with E-state index in [0.29, 0.717) is 18.7 Å². The average molecular weight is 437 g/mol. The molecule has 0 atom stereocenters. The highest BCUT2D eigenvalue weighted by molar-refractivity contribution is 9.09. The van der Waals surface area contributed by atoms with Gasteiger partial charge in [-0.15, -0.1) is 0 Å². The quantitative estimate of drug-likeness (QED) is 0.508. The zero-order chi connectivity index (χ0) is 19.5. The topological polar surface area (TPSA) is 49.9 Å². The molecule has 0 aliphatic carbocycles. The normalized spacial score (nSPS) is 16.7. The standard InChI is InChI=1S/C17H20BrF3N2O3/c1-3-26-15(25)16(10-22(2)11-16)23(14(24)8-18)9-12-4-6-13(7-5-12)17(19,20)21/h4-7H,3,8-11H2,1-2H3. The number of carbonyl (C=O) groups excluding carboxylic acids is 2. The Kier molecular flexibility index (Phi) is 6.33. The Morgan fingerprint density at radius 1 is 1.27 bits per heavy atom. The summed E-state index contributed by atoms with van der Waals surface area (Å²) >= 11 is 3.11. The second-order valence-electron chi connectivity index (χ2n) is 6.23. The van der Waals surface area contributed by atoms with Crippen molar-refractivity contribution in [1.29, 1.82) is 0 Å². The van der Waals surface area contributed by atoms with Gasteiger partial charge in [-0.3, -0.25) is 4.79 Å². The third kappa shape index (κ3) is 4.20. The lowest BCUT2D eigenvalue weighted by atomic mass is 9.87. The monoisotopic (exact) mass is 436 g/mol. The first-order valence-corrected chi connectivity index (χ1v) is 9.14. The summed E-state index contributed by atoms with van der Waals surface area (Å²) in [5.41, 5.74) is -1.38. The van der Waals surface area contributed by atoms with E-state index in [1.807, 2.05) is 11.9 Å². The first-order valence-electron chi connectivity index (χ1n) is 8.02.